The molecule has 0 spiro atoms. The van der Waals surface area contributed by atoms with Crippen molar-refractivity contribution in [1.29, 1.82) is 0 Å². The van der Waals surface area contributed by atoms with Crippen LogP contribution in [0.5, 0.6) is 0 Å². The van der Waals surface area contributed by atoms with Gasteiger partial charge in [-0.1, -0.05) is 13.8 Å². The van der Waals surface area contributed by atoms with Crippen LogP contribution in [0.4, 0.5) is 0 Å². The van der Waals surface area contributed by atoms with E-state index in [1.165, 1.54) is 0 Å². The number of aliphatic hydroxyl groups is 1. The van der Waals surface area contributed by atoms with Crippen LogP contribution in [0.2, 0.25) is 0 Å². The smallest absolute Gasteiger partial charge is 0.309 e. The quantitative estimate of drug-likeness (QED) is 0.638. The summed E-state index contributed by atoms with van der Waals surface area (Å²) in [7, 11) is 0. The molecule has 0 unspecified atom stereocenters. The summed E-state index contributed by atoms with van der Waals surface area (Å²) in [5.74, 6) is 0.539. The van der Waals surface area contributed by atoms with Crippen molar-refractivity contribution in [3.8, 4) is 0 Å². The molecule has 5 nitrogen and oxygen atoms in total. The van der Waals surface area contributed by atoms with Crippen LogP contribution in [-0.2, 0) is 9.59 Å². The number of aliphatic hydroxyl groups excluding tert-OH is 1. The lowest BCUT2D eigenvalue weighted by Crippen LogP contribution is -2.26. The van der Waals surface area contributed by atoms with Crippen LogP contribution < -0.4 is 5.32 Å². The fraction of sp³-hybridized carbons (Fsp3) is 0.857. The van der Waals surface area contributed by atoms with Crippen molar-refractivity contribution < 1.29 is 19.8 Å². The third kappa shape index (κ3) is 13.7. The van der Waals surface area contributed by atoms with E-state index >= 15 is 0 Å². The Morgan fingerprint density at radius 3 is 2.15 bits per heavy atom. The second-order valence-electron chi connectivity index (χ2n) is 5.63. The summed E-state index contributed by atoms with van der Waals surface area (Å²) in [4.78, 5) is 21.2. The molecule has 0 heterocycles. The Bertz CT molecular complexity index is 280. The van der Waals surface area contributed by atoms with E-state index in [4.69, 9.17) is 10.2 Å². The zero-order valence-electron chi connectivity index (χ0n) is 13.2. The molecular formula is C14H29NO4S. The molecule has 0 aromatic rings. The molecule has 0 saturated heterocycles. The SMILES string of the molecule is CC(C)(CCO)C(=O)O.CSCC(=O)NCCC(C)C. The highest BCUT2D eigenvalue weighted by Crippen LogP contribution is 2.18. The molecule has 3 N–H and O–H groups in total. The number of carboxylic acid groups (broad SMARTS) is 1. The zero-order valence-corrected chi connectivity index (χ0v) is 14.0. The van der Waals surface area contributed by atoms with Crippen molar-refractivity contribution in [1.82, 2.24) is 5.32 Å². The predicted molar refractivity (Wildman–Crippen MR) is 84.0 cm³/mol. The van der Waals surface area contributed by atoms with Gasteiger partial charge in [0.2, 0.25) is 5.91 Å². The topological polar surface area (TPSA) is 86.6 Å². The van der Waals surface area contributed by atoms with Crippen molar-refractivity contribution in [2.24, 2.45) is 11.3 Å². The van der Waals surface area contributed by atoms with E-state index in [-0.39, 0.29) is 12.5 Å². The minimum Gasteiger partial charge on any atom is -0.481 e. The van der Waals surface area contributed by atoms with Gasteiger partial charge in [0, 0.05) is 13.2 Å². The maximum Gasteiger partial charge on any atom is 0.309 e. The molecule has 0 rings (SSSR count). The zero-order chi connectivity index (χ0) is 16.2. The Hall–Kier alpha value is -0.750. The Morgan fingerprint density at radius 2 is 1.85 bits per heavy atom. The van der Waals surface area contributed by atoms with E-state index in [0.717, 1.165) is 13.0 Å². The van der Waals surface area contributed by atoms with E-state index in [0.29, 0.717) is 18.1 Å². The van der Waals surface area contributed by atoms with Crippen molar-refractivity contribution in [2.75, 3.05) is 25.2 Å². The molecule has 0 aromatic heterocycles. The fourth-order valence-corrected chi connectivity index (χ4v) is 1.43. The standard InChI is InChI=1S/C8H17NOS.C6H12O3/c1-7(2)4-5-9-8(10)6-11-3;1-6(2,3-4-7)5(8)9/h7H,4-6H2,1-3H3,(H,9,10);7H,3-4H2,1-2H3,(H,8,9). The molecular weight excluding hydrogens is 278 g/mol. The van der Waals surface area contributed by atoms with Crippen molar-refractivity contribution in [3.63, 3.8) is 0 Å². The van der Waals surface area contributed by atoms with E-state index in [2.05, 4.69) is 19.2 Å². The van der Waals surface area contributed by atoms with Crippen LogP contribution in [0, 0.1) is 11.3 Å². The van der Waals surface area contributed by atoms with Gasteiger partial charge in [-0.25, -0.2) is 0 Å². The number of aliphatic carboxylic acids is 1. The van der Waals surface area contributed by atoms with Crippen molar-refractivity contribution in [2.45, 2.75) is 40.5 Å². The maximum absolute atomic E-state index is 10.9. The van der Waals surface area contributed by atoms with E-state index in [1.807, 2.05) is 6.26 Å². The molecule has 1 amide bonds. The van der Waals surface area contributed by atoms with Gasteiger partial charge < -0.3 is 15.5 Å². The van der Waals surface area contributed by atoms with Gasteiger partial charge in [0.25, 0.3) is 0 Å². The number of hydrogen-bond donors (Lipinski definition) is 3. The van der Waals surface area contributed by atoms with Crippen LogP contribution >= 0.6 is 11.8 Å². The average molecular weight is 307 g/mol. The van der Waals surface area contributed by atoms with E-state index < -0.39 is 11.4 Å². The molecule has 0 saturated carbocycles. The number of nitrogens with one attached hydrogen (secondary N) is 1. The number of carbonyl (C=O) groups excluding carboxylic acids is 1. The summed E-state index contributed by atoms with van der Waals surface area (Å²) in [6, 6.07) is 0. The van der Waals surface area contributed by atoms with Gasteiger partial charge in [-0.3, -0.25) is 9.59 Å². The summed E-state index contributed by atoms with van der Waals surface area (Å²) in [6.07, 6.45) is 3.31. The van der Waals surface area contributed by atoms with Gasteiger partial charge in [0.1, 0.15) is 0 Å². The fourth-order valence-electron chi connectivity index (χ4n) is 1.07. The summed E-state index contributed by atoms with van der Waals surface area (Å²) in [5.41, 5.74) is -0.783. The first-order valence-corrected chi connectivity index (χ1v) is 8.16. The summed E-state index contributed by atoms with van der Waals surface area (Å²) >= 11 is 1.56. The first-order chi connectivity index (χ1) is 9.17. The monoisotopic (exact) mass is 307 g/mol. The molecule has 0 aliphatic heterocycles. The number of thioether (sulfide) groups is 1. The van der Waals surface area contributed by atoms with Crippen LogP contribution in [0.1, 0.15) is 40.5 Å². The third-order valence-electron chi connectivity index (χ3n) is 2.64. The van der Waals surface area contributed by atoms with Gasteiger partial charge in [-0.15, -0.1) is 0 Å². The largest absolute Gasteiger partial charge is 0.481 e. The minimum atomic E-state index is -0.864. The summed E-state index contributed by atoms with van der Waals surface area (Å²) in [5, 5.41) is 19.7. The highest BCUT2D eigenvalue weighted by molar-refractivity contribution is 7.99. The molecule has 120 valence electrons. The second kappa shape index (κ2) is 12.0. The number of rotatable bonds is 8. The molecule has 20 heavy (non-hydrogen) atoms. The summed E-state index contributed by atoms with van der Waals surface area (Å²) in [6.45, 7) is 8.23. The molecule has 0 aromatic carbocycles. The first kappa shape index (κ1) is 21.5. The Morgan fingerprint density at radius 1 is 1.30 bits per heavy atom. The van der Waals surface area contributed by atoms with E-state index in [1.54, 1.807) is 25.6 Å². The molecule has 0 aliphatic rings. The molecule has 0 fully saturated rings. The number of hydrogen-bond acceptors (Lipinski definition) is 4. The second-order valence-corrected chi connectivity index (χ2v) is 6.49. The van der Waals surface area contributed by atoms with E-state index in [9.17, 15) is 9.59 Å². The summed E-state index contributed by atoms with van der Waals surface area (Å²) < 4.78 is 0. The number of carboxylic acids is 1. The lowest BCUT2D eigenvalue weighted by molar-refractivity contribution is -0.147. The lowest BCUT2D eigenvalue weighted by atomic mass is 9.90. The van der Waals surface area contributed by atoms with Crippen molar-refractivity contribution in [3.05, 3.63) is 0 Å². The van der Waals surface area contributed by atoms with Crippen LogP contribution in [0.3, 0.4) is 0 Å². The molecule has 0 bridgehead atoms. The molecule has 0 atom stereocenters. The van der Waals surface area contributed by atoms with Crippen LogP contribution in [-0.4, -0.2) is 47.2 Å². The third-order valence-corrected chi connectivity index (χ3v) is 3.19. The minimum absolute atomic E-state index is 0.0701. The lowest BCUT2D eigenvalue weighted by Gasteiger charge is -2.16. The Labute approximate surface area is 126 Å². The Kier molecular flexibility index (Phi) is 13.0. The predicted octanol–water partition coefficient (Wildman–Crippen LogP) is 1.99. The number of carbonyl (C=O) groups is 2. The van der Waals surface area contributed by atoms with Crippen molar-refractivity contribution >= 4 is 23.6 Å². The average Bonchev–Trinajstić information content (AvgIpc) is 2.29. The van der Waals surface area contributed by atoms with Gasteiger partial charge in [-0.05, 0) is 38.9 Å². The normalized spacial score (nSPS) is 10.8. The van der Waals surface area contributed by atoms with Crippen LogP contribution in [0.15, 0.2) is 0 Å². The first-order valence-electron chi connectivity index (χ1n) is 6.77. The molecule has 0 radical (unpaired) electrons. The van der Waals surface area contributed by atoms with Crippen LogP contribution in [0.25, 0.3) is 0 Å². The maximum atomic E-state index is 10.9. The molecule has 0 aliphatic carbocycles. The highest BCUT2D eigenvalue weighted by atomic mass is 32.2. The Balaban J connectivity index is 0. The van der Waals surface area contributed by atoms with Gasteiger partial charge in [0.15, 0.2) is 0 Å². The van der Waals surface area contributed by atoms with Gasteiger partial charge >= 0.3 is 5.97 Å². The van der Waals surface area contributed by atoms with Gasteiger partial charge in [0.05, 0.1) is 11.2 Å². The highest BCUT2D eigenvalue weighted by Gasteiger charge is 2.25. The molecule has 6 heteroatoms. The van der Waals surface area contributed by atoms with Gasteiger partial charge in [-0.2, -0.15) is 11.8 Å². The number of amides is 1.